The minimum Gasteiger partial charge on any atom is -0.341 e. The largest absolute Gasteiger partial charge is 0.341 e. The van der Waals surface area contributed by atoms with Crippen molar-refractivity contribution in [2.75, 3.05) is 13.1 Å². The van der Waals surface area contributed by atoms with Crippen molar-refractivity contribution in [2.24, 2.45) is 0 Å². The second-order valence-electron chi connectivity index (χ2n) is 4.90. The fourth-order valence-electron chi connectivity index (χ4n) is 2.36. The van der Waals surface area contributed by atoms with E-state index in [9.17, 15) is 4.79 Å². The van der Waals surface area contributed by atoms with E-state index in [1.165, 1.54) is 24.2 Å². The molecule has 106 valence electrons. The zero-order valence-electron chi connectivity index (χ0n) is 11.2. The molecule has 3 heterocycles. The lowest BCUT2D eigenvalue weighted by molar-refractivity contribution is -0.132. The van der Waals surface area contributed by atoms with Crippen molar-refractivity contribution < 1.29 is 4.79 Å². The van der Waals surface area contributed by atoms with Gasteiger partial charge in [0.1, 0.15) is 12.9 Å². The molecule has 7 heteroatoms. The molecule has 0 N–H and O–H groups in total. The topological polar surface area (TPSA) is 63.9 Å². The standard InChI is InChI=1S/C13H17N5OS/c19-11(17-6-3-1-2-4-7-17)9-18-10-15-12(16-18)13-14-5-8-20-13/h5,8,10H,1-4,6-7,9H2. The van der Waals surface area contributed by atoms with Crippen LogP contribution in [0.3, 0.4) is 0 Å². The van der Waals surface area contributed by atoms with E-state index < -0.39 is 0 Å². The highest BCUT2D eigenvalue weighted by atomic mass is 32.1. The van der Waals surface area contributed by atoms with Crippen molar-refractivity contribution in [1.29, 1.82) is 0 Å². The number of thiazole rings is 1. The Labute approximate surface area is 121 Å². The van der Waals surface area contributed by atoms with E-state index in [0.717, 1.165) is 30.9 Å². The number of amides is 1. The van der Waals surface area contributed by atoms with Crippen LogP contribution in [-0.2, 0) is 11.3 Å². The Kier molecular flexibility index (Phi) is 4.05. The molecular weight excluding hydrogens is 274 g/mol. The van der Waals surface area contributed by atoms with E-state index in [1.54, 1.807) is 17.2 Å². The molecule has 1 aliphatic heterocycles. The number of nitrogens with zero attached hydrogens (tertiary/aromatic N) is 5. The zero-order valence-corrected chi connectivity index (χ0v) is 12.1. The Morgan fingerprint density at radius 2 is 2.00 bits per heavy atom. The molecule has 0 spiro atoms. The number of carbonyl (C=O) groups is 1. The summed E-state index contributed by atoms with van der Waals surface area (Å²) in [7, 11) is 0. The van der Waals surface area contributed by atoms with Gasteiger partial charge in [0.25, 0.3) is 0 Å². The molecule has 1 aliphatic rings. The molecule has 0 unspecified atom stereocenters. The van der Waals surface area contributed by atoms with Crippen molar-refractivity contribution >= 4 is 17.2 Å². The van der Waals surface area contributed by atoms with Gasteiger partial charge in [0.05, 0.1) is 0 Å². The van der Waals surface area contributed by atoms with Gasteiger partial charge in [-0.15, -0.1) is 16.4 Å². The van der Waals surface area contributed by atoms with Crippen LogP contribution in [0, 0.1) is 0 Å². The summed E-state index contributed by atoms with van der Waals surface area (Å²) in [5, 5.41) is 6.99. The third-order valence-electron chi connectivity index (χ3n) is 3.42. The zero-order chi connectivity index (χ0) is 13.8. The molecule has 0 radical (unpaired) electrons. The first kappa shape index (κ1) is 13.2. The fraction of sp³-hybridized carbons (Fsp3) is 0.538. The smallest absolute Gasteiger partial charge is 0.244 e. The molecule has 0 aromatic carbocycles. The van der Waals surface area contributed by atoms with Gasteiger partial charge < -0.3 is 4.90 Å². The molecule has 3 rings (SSSR count). The maximum Gasteiger partial charge on any atom is 0.244 e. The van der Waals surface area contributed by atoms with Gasteiger partial charge in [-0.2, -0.15) is 0 Å². The molecule has 1 amide bonds. The Bertz CT molecular complexity index is 557. The van der Waals surface area contributed by atoms with Crippen LogP contribution in [0.4, 0.5) is 0 Å². The van der Waals surface area contributed by atoms with Gasteiger partial charge in [-0.05, 0) is 12.8 Å². The van der Waals surface area contributed by atoms with E-state index in [4.69, 9.17) is 0 Å². The van der Waals surface area contributed by atoms with Crippen molar-refractivity contribution in [3.63, 3.8) is 0 Å². The first-order valence-corrected chi connectivity index (χ1v) is 7.78. The molecule has 0 atom stereocenters. The Hall–Kier alpha value is -1.76. The molecule has 0 saturated carbocycles. The van der Waals surface area contributed by atoms with E-state index >= 15 is 0 Å². The molecule has 0 bridgehead atoms. The van der Waals surface area contributed by atoms with Crippen molar-refractivity contribution in [1.82, 2.24) is 24.6 Å². The molecule has 2 aromatic rings. The number of carbonyl (C=O) groups excluding carboxylic acids is 1. The van der Waals surface area contributed by atoms with Gasteiger partial charge in [0.2, 0.25) is 11.7 Å². The number of hydrogen-bond donors (Lipinski definition) is 0. The molecule has 0 aliphatic carbocycles. The summed E-state index contributed by atoms with van der Waals surface area (Å²) in [5.74, 6) is 0.714. The first-order chi connectivity index (χ1) is 9.83. The molecule has 2 aromatic heterocycles. The van der Waals surface area contributed by atoms with Crippen LogP contribution in [0.5, 0.6) is 0 Å². The Morgan fingerprint density at radius 1 is 1.20 bits per heavy atom. The van der Waals surface area contributed by atoms with Gasteiger partial charge in [-0.3, -0.25) is 4.79 Å². The lowest BCUT2D eigenvalue weighted by atomic mass is 10.2. The highest BCUT2D eigenvalue weighted by Crippen LogP contribution is 2.16. The minimum atomic E-state index is 0.127. The van der Waals surface area contributed by atoms with Crippen molar-refractivity contribution in [3.8, 4) is 10.8 Å². The lowest BCUT2D eigenvalue weighted by Gasteiger charge is -2.19. The van der Waals surface area contributed by atoms with Crippen LogP contribution < -0.4 is 0 Å². The van der Waals surface area contributed by atoms with E-state index in [1.807, 2.05) is 10.3 Å². The van der Waals surface area contributed by atoms with Crippen LogP contribution in [0.25, 0.3) is 10.8 Å². The van der Waals surface area contributed by atoms with E-state index in [0.29, 0.717) is 5.82 Å². The third kappa shape index (κ3) is 3.04. The lowest BCUT2D eigenvalue weighted by Crippen LogP contribution is -2.34. The van der Waals surface area contributed by atoms with Crippen molar-refractivity contribution in [3.05, 3.63) is 17.9 Å². The van der Waals surface area contributed by atoms with Gasteiger partial charge in [0, 0.05) is 24.7 Å². The Balaban J connectivity index is 1.64. The molecule has 6 nitrogen and oxygen atoms in total. The summed E-state index contributed by atoms with van der Waals surface area (Å²) in [5.41, 5.74) is 0. The maximum absolute atomic E-state index is 12.2. The second kappa shape index (κ2) is 6.13. The summed E-state index contributed by atoms with van der Waals surface area (Å²) in [6.07, 6.45) is 7.99. The minimum absolute atomic E-state index is 0.127. The maximum atomic E-state index is 12.2. The second-order valence-corrected chi connectivity index (χ2v) is 5.79. The summed E-state index contributed by atoms with van der Waals surface area (Å²) in [4.78, 5) is 22.6. The SMILES string of the molecule is O=C(Cn1cnc(-c2nccs2)n1)N1CCCCCC1. The van der Waals surface area contributed by atoms with Crippen LogP contribution in [0.2, 0.25) is 0 Å². The molecule has 1 saturated heterocycles. The average molecular weight is 291 g/mol. The van der Waals surface area contributed by atoms with Gasteiger partial charge >= 0.3 is 0 Å². The average Bonchev–Trinajstić information content (AvgIpc) is 3.05. The number of likely N-dealkylation sites (tertiary alicyclic amines) is 1. The third-order valence-corrected chi connectivity index (χ3v) is 4.19. The predicted molar refractivity (Wildman–Crippen MR) is 76.2 cm³/mol. The number of aromatic nitrogens is 4. The van der Waals surface area contributed by atoms with Crippen LogP contribution >= 0.6 is 11.3 Å². The van der Waals surface area contributed by atoms with Crippen molar-refractivity contribution in [2.45, 2.75) is 32.2 Å². The van der Waals surface area contributed by atoms with Gasteiger partial charge in [-0.1, -0.05) is 12.8 Å². The summed E-state index contributed by atoms with van der Waals surface area (Å²) < 4.78 is 1.60. The van der Waals surface area contributed by atoms with E-state index in [2.05, 4.69) is 15.1 Å². The normalized spacial score (nSPS) is 16.1. The van der Waals surface area contributed by atoms with Crippen LogP contribution in [0.15, 0.2) is 17.9 Å². The Morgan fingerprint density at radius 3 is 2.70 bits per heavy atom. The summed E-state index contributed by atoms with van der Waals surface area (Å²) in [6, 6.07) is 0. The summed E-state index contributed by atoms with van der Waals surface area (Å²) in [6.45, 7) is 2.00. The highest BCUT2D eigenvalue weighted by molar-refractivity contribution is 7.12. The van der Waals surface area contributed by atoms with Crippen LogP contribution in [0.1, 0.15) is 25.7 Å². The number of rotatable bonds is 3. The van der Waals surface area contributed by atoms with E-state index in [-0.39, 0.29) is 12.5 Å². The predicted octanol–water partition coefficient (Wildman–Crippen LogP) is 1.80. The first-order valence-electron chi connectivity index (χ1n) is 6.90. The van der Waals surface area contributed by atoms with Gasteiger partial charge in [-0.25, -0.2) is 14.6 Å². The summed E-state index contributed by atoms with van der Waals surface area (Å²) >= 11 is 1.49. The number of hydrogen-bond acceptors (Lipinski definition) is 5. The highest BCUT2D eigenvalue weighted by Gasteiger charge is 2.17. The van der Waals surface area contributed by atoms with Crippen LogP contribution in [-0.4, -0.2) is 43.6 Å². The monoisotopic (exact) mass is 291 g/mol. The fourth-order valence-corrected chi connectivity index (χ4v) is 2.93. The molecule has 1 fully saturated rings. The molecule has 20 heavy (non-hydrogen) atoms. The quantitative estimate of drug-likeness (QED) is 0.865. The molecular formula is C13H17N5OS. The van der Waals surface area contributed by atoms with Gasteiger partial charge in [0.15, 0.2) is 5.01 Å².